The molecule has 6 heteroatoms. The molecule has 1 atom stereocenters. The highest BCUT2D eigenvalue weighted by molar-refractivity contribution is 7.29. The molecule has 0 aliphatic carbocycles. The highest BCUT2D eigenvalue weighted by Crippen LogP contribution is 2.15. The molecule has 1 rings (SSSR count). The maximum atomic E-state index is 10.5. The Morgan fingerprint density at radius 3 is 2.19 bits per heavy atom. The van der Waals surface area contributed by atoms with E-state index < -0.39 is 19.7 Å². The Bertz CT molecular complexity index is 431. The number of carbonyl (C=O) groups is 1. The summed E-state index contributed by atoms with van der Waals surface area (Å²) in [6, 6.07) is 5.78. The number of aliphatic carboxylic acids is 1. The molecule has 86 valence electrons. The molecule has 0 bridgehead atoms. The molecule has 0 spiro atoms. The number of benzene rings is 1. The number of hydrogen-bond donors (Lipinski definition) is 2. The van der Waals surface area contributed by atoms with Crippen LogP contribution in [0.1, 0.15) is 11.1 Å². The summed E-state index contributed by atoms with van der Waals surface area (Å²) < 4.78 is 20.9. The van der Waals surface area contributed by atoms with Gasteiger partial charge in [-0.05, 0) is 17.5 Å². The third-order valence-electron chi connectivity index (χ3n) is 2.11. The molecule has 0 radical (unpaired) electrons. The molecule has 5 nitrogen and oxygen atoms in total. The van der Waals surface area contributed by atoms with Crippen LogP contribution in [-0.4, -0.2) is 17.1 Å². The van der Waals surface area contributed by atoms with Crippen molar-refractivity contribution in [2.45, 2.75) is 18.6 Å². The lowest BCUT2D eigenvalue weighted by Gasteiger charge is -2.06. The maximum absolute atomic E-state index is 10.5. The van der Waals surface area contributed by atoms with E-state index in [1.807, 2.05) is 0 Å². The fourth-order valence-corrected chi connectivity index (χ4v) is 1.78. The molecular formula is C10H12NO4P. The van der Waals surface area contributed by atoms with E-state index in [9.17, 15) is 13.9 Å². The number of carboxylic acids is 1. The number of nitrogens with two attached hydrogens (primary N) is 1. The van der Waals surface area contributed by atoms with Gasteiger partial charge in [0.1, 0.15) is 6.04 Å². The van der Waals surface area contributed by atoms with Crippen molar-refractivity contribution in [1.82, 2.24) is 0 Å². The van der Waals surface area contributed by atoms with Crippen LogP contribution in [0.2, 0.25) is 0 Å². The zero-order valence-corrected chi connectivity index (χ0v) is 9.39. The van der Waals surface area contributed by atoms with E-state index in [2.05, 4.69) is 0 Å². The average Bonchev–Trinajstić information content (AvgIpc) is 2.20. The molecule has 0 heterocycles. The van der Waals surface area contributed by atoms with E-state index in [1.54, 1.807) is 24.3 Å². The monoisotopic (exact) mass is 241 g/mol. The molecule has 16 heavy (non-hydrogen) atoms. The Balaban J connectivity index is 2.68. The van der Waals surface area contributed by atoms with Gasteiger partial charge in [-0.25, -0.2) is 9.13 Å². The standard InChI is InChI=1S/C10H12NO4P/c11-9(10(12)13)5-7-1-3-8(4-2-7)6-16(14)15/h1-4,9H,5-6,11H2,(H,12,13). The van der Waals surface area contributed by atoms with Crippen molar-refractivity contribution in [3.63, 3.8) is 0 Å². The van der Waals surface area contributed by atoms with Gasteiger partial charge in [-0.15, -0.1) is 0 Å². The summed E-state index contributed by atoms with van der Waals surface area (Å²) in [5.74, 6) is -1.05. The minimum absolute atomic E-state index is 0.000593. The Morgan fingerprint density at radius 2 is 1.75 bits per heavy atom. The van der Waals surface area contributed by atoms with Gasteiger partial charge in [-0.2, -0.15) is 0 Å². The fraction of sp³-hybridized carbons (Fsp3) is 0.300. The SMILES string of the molecule is NC(Cc1ccc(CP(=O)=O)cc1)C(=O)O. The highest BCUT2D eigenvalue weighted by Gasteiger charge is 2.11. The largest absolute Gasteiger partial charge is 0.480 e. The molecule has 0 aromatic heterocycles. The van der Waals surface area contributed by atoms with Crippen LogP contribution in [0.25, 0.3) is 0 Å². The molecule has 0 amide bonds. The molecule has 0 saturated carbocycles. The quantitative estimate of drug-likeness (QED) is 0.757. The van der Waals surface area contributed by atoms with Gasteiger partial charge in [0.15, 0.2) is 0 Å². The summed E-state index contributed by atoms with van der Waals surface area (Å²) in [5.41, 5.74) is 6.83. The Kier molecular flexibility index (Phi) is 4.40. The second-order valence-electron chi connectivity index (χ2n) is 3.46. The second-order valence-corrected chi connectivity index (χ2v) is 4.44. The normalized spacial score (nSPS) is 12.1. The van der Waals surface area contributed by atoms with Gasteiger partial charge in [0, 0.05) is 0 Å². The maximum Gasteiger partial charge on any atom is 0.320 e. The van der Waals surface area contributed by atoms with Crippen LogP contribution in [0.15, 0.2) is 24.3 Å². The smallest absolute Gasteiger partial charge is 0.320 e. The third-order valence-corrected chi connectivity index (χ3v) is 2.73. The molecule has 0 saturated heterocycles. The molecule has 0 aliphatic rings. The summed E-state index contributed by atoms with van der Waals surface area (Å²) in [5, 5.41) is 8.61. The molecule has 3 N–H and O–H groups in total. The van der Waals surface area contributed by atoms with E-state index in [0.717, 1.165) is 5.56 Å². The van der Waals surface area contributed by atoms with E-state index in [4.69, 9.17) is 10.8 Å². The van der Waals surface area contributed by atoms with Crippen LogP contribution in [0.4, 0.5) is 0 Å². The van der Waals surface area contributed by atoms with E-state index in [-0.39, 0.29) is 12.6 Å². The lowest BCUT2D eigenvalue weighted by Crippen LogP contribution is -2.32. The predicted molar refractivity (Wildman–Crippen MR) is 57.8 cm³/mol. The van der Waals surface area contributed by atoms with Gasteiger partial charge < -0.3 is 10.8 Å². The van der Waals surface area contributed by atoms with Gasteiger partial charge in [0.05, 0.1) is 6.16 Å². The molecule has 1 aromatic rings. The first-order valence-electron chi connectivity index (χ1n) is 4.67. The Morgan fingerprint density at radius 1 is 1.25 bits per heavy atom. The van der Waals surface area contributed by atoms with Crippen molar-refractivity contribution < 1.29 is 19.0 Å². The topological polar surface area (TPSA) is 97.5 Å². The zero-order valence-electron chi connectivity index (χ0n) is 8.50. The van der Waals surface area contributed by atoms with Crippen molar-refractivity contribution in [3.05, 3.63) is 35.4 Å². The first-order chi connectivity index (χ1) is 7.49. The van der Waals surface area contributed by atoms with E-state index in [0.29, 0.717) is 5.56 Å². The lowest BCUT2D eigenvalue weighted by molar-refractivity contribution is -0.138. The van der Waals surface area contributed by atoms with Crippen LogP contribution < -0.4 is 5.73 Å². The van der Waals surface area contributed by atoms with E-state index in [1.165, 1.54) is 0 Å². The van der Waals surface area contributed by atoms with Gasteiger partial charge in [-0.3, -0.25) is 4.79 Å². The highest BCUT2D eigenvalue weighted by atomic mass is 31.1. The average molecular weight is 241 g/mol. The molecule has 1 unspecified atom stereocenters. The van der Waals surface area contributed by atoms with Crippen molar-refractivity contribution >= 4 is 13.6 Å². The van der Waals surface area contributed by atoms with Crippen LogP contribution in [0, 0.1) is 0 Å². The van der Waals surface area contributed by atoms with Crippen molar-refractivity contribution in [3.8, 4) is 0 Å². The van der Waals surface area contributed by atoms with Gasteiger partial charge in [0.25, 0.3) is 0 Å². The first-order valence-corrected chi connectivity index (χ1v) is 6.03. The zero-order chi connectivity index (χ0) is 12.1. The van der Waals surface area contributed by atoms with Gasteiger partial charge in [-0.1, -0.05) is 24.3 Å². The number of rotatable bonds is 5. The van der Waals surface area contributed by atoms with Crippen molar-refractivity contribution in [2.24, 2.45) is 5.73 Å². The van der Waals surface area contributed by atoms with Crippen molar-refractivity contribution in [2.75, 3.05) is 0 Å². The predicted octanol–water partition coefficient (Wildman–Crippen LogP) is 1.31. The Labute approximate surface area is 93.1 Å². The third kappa shape index (κ3) is 3.96. The lowest BCUT2D eigenvalue weighted by atomic mass is 10.1. The summed E-state index contributed by atoms with van der Waals surface area (Å²) in [6.45, 7) is 0. The summed E-state index contributed by atoms with van der Waals surface area (Å²) in [7, 11) is -2.43. The van der Waals surface area contributed by atoms with Crippen molar-refractivity contribution in [1.29, 1.82) is 0 Å². The Hall–Kier alpha value is -1.45. The summed E-state index contributed by atoms with van der Waals surface area (Å²) in [6.07, 6.45) is 0.236. The van der Waals surface area contributed by atoms with Gasteiger partial charge in [0.2, 0.25) is 0 Å². The molecule has 1 aromatic carbocycles. The molecule has 0 aliphatic heterocycles. The number of carboxylic acid groups (broad SMARTS) is 1. The van der Waals surface area contributed by atoms with Crippen LogP contribution in [-0.2, 0) is 26.5 Å². The minimum atomic E-state index is -2.43. The van der Waals surface area contributed by atoms with Crippen LogP contribution in [0.3, 0.4) is 0 Å². The summed E-state index contributed by atoms with van der Waals surface area (Å²) in [4.78, 5) is 10.5. The minimum Gasteiger partial charge on any atom is -0.480 e. The second kappa shape index (κ2) is 5.58. The van der Waals surface area contributed by atoms with Gasteiger partial charge >= 0.3 is 13.6 Å². The molecule has 0 fully saturated rings. The first kappa shape index (κ1) is 12.6. The van der Waals surface area contributed by atoms with Crippen LogP contribution >= 0.6 is 7.68 Å². The van der Waals surface area contributed by atoms with Crippen LogP contribution in [0.5, 0.6) is 0 Å². The fourth-order valence-electron chi connectivity index (χ4n) is 1.27. The summed E-state index contributed by atoms with van der Waals surface area (Å²) >= 11 is 0. The number of hydrogen-bond acceptors (Lipinski definition) is 4. The molecular weight excluding hydrogens is 229 g/mol. The van der Waals surface area contributed by atoms with E-state index >= 15 is 0 Å².